The molecular formula is C26H31N5O3. The number of nitrogens with zero attached hydrogens (tertiary/aromatic N) is 2. The van der Waals surface area contributed by atoms with Gasteiger partial charge in [0.15, 0.2) is 0 Å². The second-order valence-electron chi connectivity index (χ2n) is 9.42. The third-order valence-corrected chi connectivity index (χ3v) is 7.02. The molecule has 8 nitrogen and oxygen atoms in total. The molecule has 1 saturated heterocycles. The molecule has 0 atom stereocenters. The number of hydrogen-bond donors (Lipinski definition) is 3. The van der Waals surface area contributed by atoms with E-state index in [0.29, 0.717) is 16.9 Å². The van der Waals surface area contributed by atoms with Gasteiger partial charge in [0.2, 0.25) is 5.91 Å². The molecule has 2 aromatic rings. The summed E-state index contributed by atoms with van der Waals surface area (Å²) in [6, 6.07) is 5.35. The van der Waals surface area contributed by atoms with Gasteiger partial charge in [-0.1, -0.05) is 0 Å². The Morgan fingerprint density at radius 3 is 2.68 bits per heavy atom. The van der Waals surface area contributed by atoms with Gasteiger partial charge in [-0.25, -0.2) is 0 Å². The lowest BCUT2D eigenvalue weighted by molar-refractivity contribution is -0.114. The molecule has 0 unspecified atom stereocenters. The molecule has 3 amide bonds. The molecule has 3 N–H and O–H groups in total. The minimum absolute atomic E-state index is 0.0781. The van der Waals surface area contributed by atoms with Gasteiger partial charge < -0.3 is 25.4 Å². The van der Waals surface area contributed by atoms with Gasteiger partial charge >= 0.3 is 0 Å². The zero-order valence-electron chi connectivity index (χ0n) is 19.8. The van der Waals surface area contributed by atoms with E-state index < -0.39 is 0 Å². The van der Waals surface area contributed by atoms with Gasteiger partial charge in [-0.05, 0) is 75.5 Å². The molecule has 0 radical (unpaired) electrons. The Labute approximate surface area is 199 Å². The lowest BCUT2D eigenvalue weighted by Crippen LogP contribution is -2.38. The first kappa shape index (κ1) is 22.4. The van der Waals surface area contributed by atoms with Crippen LogP contribution >= 0.6 is 0 Å². The van der Waals surface area contributed by atoms with Gasteiger partial charge in [-0.15, -0.1) is 0 Å². The number of benzene rings is 1. The van der Waals surface area contributed by atoms with Crippen LogP contribution in [-0.2, 0) is 16.0 Å². The van der Waals surface area contributed by atoms with Gasteiger partial charge in [0.05, 0.1) is 11.1 Å². The van der Waals surface area contributed by atoms with Crippen LogP contribution in [0.5, 0.6) is 0 Å². The van der Waals surface area contributed by atoms with Crippen LogP contribution in [0.4, 0.5) is 11.4 Å². The lowest BCUT2D eigenvalue weighted by atomic mass is 10.0. The monoisotopic (exact) mass is 461 g/mol. The highest BCUT2D eigenvalue weighted by Gasteiger charge is 2.29. The third-order valence-electron chi connectivity index (χ3n) is 7.02. The van der Waals surface area contributed by atoms with Crippen LogP contribution in [0.2, 0.25) is 0 Å². The van der Waals surface area contributed by atoms with Crippen molar-refractivity contribution in [1.82, 2.24) is 14.8 Å². The van der Waals surface area contributed by atoms with E-state index in [4.69, 9.17) is 0 Å². The second-order valence-corrected chi connectivity index (χ2v) is 9.42. The van der Waals surface area contributed by atoms with Gasteiger partial charge in [-0.3, -0.25) is 14.4 Å². The summed E-state index contributed by atoms with van der Waals surface area (Å²) in [7, 11) is 0. The molecule has 5 rings (SSSR count). The zero-order chi connectivity index (χ0) is 23.8. The van der Waals surface area contributed by atoms with E-state index in [0.717, 1.165) is 73.6 Å². The van der Waals surface area contributed by atoms with E-state index in [1.54, 1.807) is 18.2 Å². The molecular weight excluding hydrogens is 430 g/mol. The van der Waals surface area contributed by atoms with Crippen molar-refractivity contribution in [3.8, 4) is 0 Å². The Bertz CT molecular complexity index is 1190. The molecule has 3 aliphatic rings. The number of anilines is 2. The maximum absolute atomic E-state index is 13.5. The Balaban J connectivity index is 1.43. The highest BCUT2D eigenvalue weighted by molar-refractivity contribution is 6.35. The molecule has 0 bridgehead atoms. The maximum atomic E-state index is 13.5. The number of likely N-dealkylation sites (tertiary alicyclic amines) is 1. The van der Waals surface area contributed by atoms with Crippen LogP contribution in [-0.4, -0.2) is 65.2 Å². The fourth-order valence-corrected chi connectivity index (χ4v) is 5.25. The van der Waals surface area contributed by atoms with Gasteiger partial charge in [-0.2, -0.15) is 0 Å². The van der Waals surface area contributed by atoms with Crippen LogP contribution < -0.4 is 10.6 Å². The number of nitrogens with one attached hydrogen (secondary N) is 3. The van der Waals surface area contributed by atoms with E-state index in [1.165, 1.54) is 19.8 Å². The summed E-state index contributed by atoms with van der Waals surface area (Å²) in [5.41, 5.74) is 5.94. The van der Waals surface area contributed by atoms with Gasteiger partial charge in [0, 0.05) is 54.9 Å². The average molecular weight is 462 g/mol. The smallest absolute Gasteiger partial charge is 0.256 e. The van der Waals surface area contributed by atoms with Crippen molar-refractivity contribution in [1.29, 1.82) is 0 Å². The molecule has 3 aliphatic heterocycles. The first-order valence-corrected chi connectivity index (χ1v) is 12.1. The quantitative estimate of drug-likeness (QED) is 0.596. The van der Waals surface area contributed by atoms with Crippen molar-refractivity contribution in [3.63, 3.8) is 0 Å². The SMILES string of the molecule is CC(=O)Nc1ccc2c(c1)/C(=C/c1[nH]c3c(c1C)C(=O)N(CCN1CCCC1)CCC3)C(=O)N2. The molecule has 0 spiro atoms. The van der Waals surface area contributed by atoms with Gasteiger partial charge in [0.25, 0.3) is 11.8 Å². The summed E-state index contributed by atoms with van der Waals surface area (Å²) in [5.74, 6) is -0.286. The largest absolute Gasteiger partial charge is 0.358 e. The van der Waals surface area contributed by atoms with Crippen molar-refractivity contribution < 1.29 is 14.4 Å². The summed E-state index contributed by atoms with van der Waals surface area (Å²) in [6.07, 6.45) is 6.04. The number of H-pyrrole nitrogens is 1. The average Bonchev–Trinajstić information content (AvgIpc) is 3.47. The number of aromatic amines is 1. The summed E-state index contributed by atoms with van der Waals surface area (Å²) >= 11 is 0. The molecule has 0 aliphatic carbocycles. The molecule has 178 valence electrons. The first-order chi connectivity index (χ1) is 16.4. The van der Waals surface area contributed by atoms with Crippen molar-refractivity contribution in [2.45, 2.75) is 39.5 Å². The molecule has 8 heteroatoms. The zero-order valence-corrected chi connectivity index (χ0v) is 19.8. The number of amides is 3. The normalized spacial score (nSPS) is 19.2. The number of aromatic nitrogens is 1. The number of carbonyl (C=O) groups excluding carboxylic acids is 3. The molecule has 34 heavy (non-hydrogen) atoms. The minimum atomic E-state index is -0.197. The van der Waals surface area contributed by atoms with Crippen molar-refractivity contribution in [2.75, 3.05) is 43.4 Å². The van der Waals surface area contributed by atoms with E-state index in [-0.39, 0.29) is 17.7 Å². The van der Waals surface area contributed by atoms with Crippen LogP contribution in [0.3, 0.4) is 0 Å². The Morgan fingerprint density at radius 2 is 1.91 bits per heavy atom. The summed E-state index contributed by atoms with van der Waals surface area (Å²) in [5, 5.41) is 5.65. The van der Waals surface area contributed by atoms with Crippen LogP contribution in [0.25, 0.3) is 11.6 Å². The van der Waals surface area contributed by atoms with Crippen molar-refractivity contribution in [3.05, 3.63) is 46.3 Å². The van der Waals surface area contributed by atoms with Gasteiger partial charge in [0.1, 0.15) is 0 Å². The van der Waals surface area contributed by atoms with E-state index in [9.17, 15) is 14.4 Å². The van der Waals surface area contributed by atoms with Crippen molar-refractivity contribution in [2.24, 2.45) is 0 Å². The Hall–Kier alpha value is -3.39. The first-order valence-electron chi connectivity index (χ1n) is 12.1. The van der Waals surface area contributed by atoms with Crippen molar-refractivity contribution >= 4 is 40.7 Å². The van der Waals surface area contributed by atoms with E-state index in [1.807, 2.05) is 17.9 Å². The second kappa shape index (κ2) is 9.10. The number of aryl methyl sites for hydroxylation is 1. The highest BCUT2D eigenvalue weighted by Crippen LogP contribution is 2.36. The maximum Gasteiger partial charge on any atom is 0.256 e. The van der Waals surface area contributed by atoms with E-state index in [2.05, 4.69) is 20.5 Å². The van der Waals surface area contributed by atoms with Crippen LogP contribution in [0, 0.1) is 6.92 Å². The Kier molecular flexibility index (Phi) is 6.00. The summed E-state index contributed by atoms with van der Waals surface area (Å²) in [4.78, 5) is 45.5. The topological polar surface area (TPSA) is 97.5 Å². The molecule has 1 aromatic carbocycles. The number of rotatable bonds is 5. The molecule has 1 fully saturated rings. The molecule has 4 heterocycles. The molecule has 1 aromatic heterocycles. The third kappa shape index (κ3) is 4.25. The standard InChI is InChI=1S/C26H31N5O3/c1-16-23(15-20-19-14-18(27-17(2)32)7-8-21(19)29-25(20)33)28-22-6-5-11-31(26(34)24(16)22)13-12-30-9-3-4-10-30/h7-8,14-15,28H,3-6,9-13H2,1-2H3,(H,27,32)(H,29,33)/b20-15-. The number of carbonyl (C=O) groups is 3. The lowest BCUT2D eigenvalue weighted by Gasteiger charge is -2.24. The Morgan fingerprint density at radius 1 is 1.12 bits per heavy atom. The summed E-state index contributed by atoms with van der Waals surface area (Å²) < 4.78 is 0. The predicted octanol–water partition coefficient (Wildman–Crippen LogP) is 3.26. The predicted molar refractivity (Wildman–Crippen MR) is 133 cm³/mol. The minimum Gasteiger partial charge on any atom is -0.358 e. The molecule has 0 saturated carbocycles. The fourth-order valence-electron chi connectivity index (χ4n) is 5.25. The number of hydrogen-bond acceptors (Lipinski definition) is 4. The van der Waals surface area contributed by atoms with E-state index >= 15 is 0 Å². The van der Waals surface area contributed by atoms with Crippen LogP contribution in [0.15, 0.2) is 18.2 Å². The summed E-state index contributed by atoms with van der Waals surface area (Å²) in [6.45, 7) is 8.10. The van der Waals surface area contributed by atoms with Crippen LogP contribution in [0.1, 0.15) is 59.1 Å². The fraction of sp³-hybridized carbons (Fsp3) is 0.423. The highest BCUT2D eigenvalue weighted by atomic mass is 16.2. The number of fused-ring (bicyclic) bond motifs is 2.